The number of hydrogen-bond donors (Lipinski definition) is 2. The molecule has 1 aliphatic heterocycles. The molecule has 1 fully saturated rings. The third-order valence-corrected chi connectivity index (χ3v) is 4.19. The Labute approximate surface area is 139 Å². The van der Waals surface area contributed by atoms with Crippen LogP contribution in [0.15, 0.2) is 27.7 Å². The van der Waals surface area contributed by atoms with Crippen LogP contribution in [-0.4, -0.2) is 32.3 Å². The maximum absolute atomic E-state index is 6.21. The Morgan fingerprint density at radius 2 is 2.33 bits per heavy atom. The van der Waals surface area contributed by atoms with Crippen molar-refractivity contribution in [2.75, 3.05) is 26.3 Å². The number of hydrogen-bond acceptors (Lipinski definition) is 2. The van der Waals surface area contributed by atoms with Crippen LogP contribution in [0.5, 0.6) is 0 Å². The summed E-state index contributed by atoms with van der Waals surface area (Å²) >= 11 is 9.62. The number of guanidine groups is 1. The molecule has 0 amide bonds. The standard InChI is InChI=1S/C15H21BrClN3O/c1-2-18-15(19-8-11-5-6-21-10-11)20-9-12-3-4-13(16)7-14(12)17/h3-4,7,11H,2,5-6,8-10H2,1H3,(H2,18,19,20). The van der Waals surface area contributed by atoms with Gasteiger partial charge in [-0.05, 0) is 31.0 Å². The Hall–Kier alpha value is -0.780. The summed E-state index contributed by atoms with van der Waals surface area (Å²) in [6.45, 7) is 6.05. The first kappa shape index (κ1) is 16.6. The van der Waals surface area contributed by atoms with Gasteiger partial charge in [-0.25, -0.2) is 4.99 Å². The Morgan fingerprint density at radius 3 is 3.00 bits per heavy atom. The summed E-state index contributed by atoms with van der Waals surface area (Å²) in [7, 11) is 0. The van der Waals surface area contributed by atoms with Crippen molar-refractivity contribution in [1.29, 1.82) is 0 Å². The molecule has 1 aromatic carbocycles. The number of aliphatic imine (C=N–C) groups is 1. The van der Waals surface area contributed by atoms with Gasteiger partial charge in [-0.1, -0.05) is 33.6 Å². The molecule has 0 radical (unpaired) electrons. The van der Waals surface area contributed by atoms with E-state index in [1.54, 1.807) is 0 Å². The second kappa shape index (κ2) is 8.61. The second-order valence-corrected chi connectivity index (χ2v) is 6.36. The van der Waals surface area contributed by atoms with Crippen LogP contribution in [0.4, 0.5) is 0 Å². The van der Waals surface area contributed by atoms with Crippen LogP contribution in [-0.2, 0) is 11.3 Å². The lowest BCUT2D eigenvalue weighted by Gasteiger charge is -2.14. The molecular weight excluding hydrogens is 354 g/mol. The van der Waals surface area contributed by atoms with E-state index in [0.717, 1.165) is 53.7 Å². The minimum Gasteiger partial charge on any atom is -0.381 e. The van der Waals surface area contributed by atoms with Gasteiger partial charge in [-0.3, -0.25) is 0 Å². The summed E-state index contributed by atoms with van der Waals surface area (Å²) in [5.74, 6) is 1.40. The van der Waals surface area contributed by atoms with Crippen LogP contribution >= 0.6 is 27.5 Å². The van der Waals surface area contributed by atoms with E-state index in [2.05, 4.69) is 38.5 Å². The van der Waals surface area contributed by atoms with Crippen LogP contribution in [0.3, 0.4) is 0 Å². The van der Waals surface area contributed by atoms with Crippen molar-refractivity contribution in [3.63, 3.8) is 0 Å². The monoisotopic (exact) mass is 373 g/mol. The van der Waals surface area contributed by atoms with Crippen molar-refractivity contribution in [3.8, 4) is 0 Å². The molecule has 1 saturated heterocycles. The summed E-state index contributed by atoms with van der Waals surface area (Å²) in [6, 6.07) is 5.86. The second-order valence-electron chi connectivity index (χ2n) is 5.04. The summed E-state index contributed by atoms with van der Waals surface area (Å²) in [5, 5.41) is 7.35. The SMILES string of the molecule is CCNC(=NCc1ccc(Br)cc1Cl)NCC1CCOC1. The maximum Gasteiger partial charge on any atom is 0.191 e. The average Bonchev–Trinajstić information content (AvgIpc) is 2.96. The lowest BCUT2D eigenvalue weighted by atomic mass is 10.1. The highest BCUT2D eigenvalue weighted by atomic mass is 79.9. The van der Waals surface area contributed by atoms with E-state index in [0.29, 0.717) is 12.5 Å². The van der Waals surface area contributed by atoms with Gasteiger partial charge in [0.05, 0.1) is 13.2 Å². The quantitative estimate of drug-likeness (QED) is 0.614. The molecule has 1 aliphatic rings. The zero-order chi connectivity index (χ0) is 15.1. The largest absolute Gasteiger partial charge is 0.381 e. The molecule has 2 N–H and O–H groups in total. The summed E-state index contributed by atoms with van der Waals surface area (Å²) < 4.78 is 6.36. The molecule has 0 aromatic heterocycles. The van der Waals surface area contributed by atoms with E-state index in [9.17, 15) is 0 Å². The predicted molar refractivity (Wildman–Crippen MR) is 90.9 cm³/mol. The molecule has 1 atom stereocenters. The first-order chi connectivity index (χ1) is 10.2. The number of halogens is 2. The van der Waals surface area contributed by atoms with Crippen LogP contribution in [0.25, 0.3) is 0 Å². The highest BCUT2D eigenvalue weighted by molar-refractivity contribution is 9.10. The Morgan fingerprint density at radius 1 is 1.48 bits per heavy atom. The predicted octanol–water partition coefficient (Wildman–Crippen LogP) is 3.19. The van der Waals surface area contributed by atoms with Crippen molar-refractivity contribution in [2.24, 2.45) is 10.9 Å². The van der Waals surface area contributed by atoms with Crippen molar-refractivity contribution >= 4 is 33.5 Å². The molecule has 2 rings (SSSR count). The lowest BCUT2D eigenvalue weighted by molar-refractivity contribution is 0.186. The van der Waals surface area contributed by atoms with Crippen molar-refractivity contribution in [2.45, 2.75) is 19.9 Å². The molecule has 0 spiro atoms. The number of benzene rings is 1. The van der Waals surface area contributed by atoms with Gasteiger partial charge in [0.25, 0.3) is 0 Å². The zero-order valence-electron chi connectivity index (χ0n) is 12.2. The number of ether oxygens (including phenoxy) is 1. The van der Waals surface area contributed by atoms with Crippen LogP contribution in [0, 0.1) is 5.92 Å². The topological polar surface area (TPSA) is 45.7 Å². The third-order valence-electron chi connectivity index (χ3n) is 3.35. The first-order valence-electron chi connectivity index (χ1n) is 7.23. The van der Waals surface area contributed by atoms with Crippen LogP contribution < -0.4 is 10.6 Å². The van der Waals surface area contributed by atoms with Gasteiger partial charge in [0.2, 0.25) is 0 Å². The molecule has 1 heterocycles. The molecule has 0 aliphatic carbocycles. The van der Waals surface area contributed by atoms with Gasteiger partial charge in [0.1, 0.15) is 0 Å². The summed E-state index contributed by atoms with van der Waals surface area (Å²) in [6.07, 6.45) is 1.12. The van der Waals surface area contributed by atoms with Gasteiger partial charge in [0.15, 0.2) is 5.96 Å². The molecule has 1 unspecified atom stereocenters. The number of rotatable bonds is 5. The van der Waals surface area contributed by atoms with E-state index in [1.165, 1.54) is 0 Å². The van der Waals surface area contributed by atoms with E-state index in [-0.39, 0.29) is 0 Å². The van der Waals surface area contributed by atoms with Gasteiger partial charge in [-0.15, -0.1) is 0 Å². The molecule has 4 nitrogen and oxygen atoms in total. The van der Waals surface area contributed by atoms with Crippen LogP contribution in [0.2, 0.25) is 5.02 Å². The van der Waals surface area contributed by atoms with Gasteiger partial charge in [0, 0.05) is 35.1 Å². The fourth-order valence-corrected chi connectivity index (χ4v) is 2.87. The van der Waals surface area contributed by atoms with Crippen molar-refractivity contribution < 1.29 is 4.74 Å². The summed E-state index contributed by atoms with van der Waals surface area (Å²) in [5.41, 5.74) is 1.02. The Kier molecular flexibility index (Phi) is 6.80. The van der Waals surface area contributed by atoms with E-state index < -0.39 is 0 Å². The highest BCUT2D eigenvalue weighted by Gasteiger charge is 2.15. The van der Waals surface area contributed by atoms with E-state index >= 15 is 0 Å². The highest BCUT2D eigenvalue weighted by Crippen LogP contribution is 2.21. The van der Waals surface area contributed by atoms with Crippen LogP contribution in [0.1, 0.15) is 18.9 Å². The smallest absolute Gasteiger partial charge is 0.191 e. The van der Waals surface area contributed by atoms with E-state index in [4.69, 9.17) is 16.3 Å². The summed E-state index contributed by atoms with van der Waals surface area (Å²) in [4.78, 5) is 4.59. The molecule has 116 valence electrons. The Balaban J connectivity index is 1.92. The minimum atomic E-state index is 0.558. The first-order valence-corrected chi connectivity index (χ1v) is 8.40. The van der Waals surface area contributed by atoms with Gasteiger partial charge in [-0.2, -0.15) is 0 Å². The van der Waals surface area contributed by atoms with E-state index in [1.807, 2.05) is 18.2 Å². The van der Waals surface area contributed by atoms with Crippen molar-refractivity contribution in [1.82, 2.24) is 10.6 Å². The molecule has 0 bridgehead atoms. The zero-order valence-corrected chi connectivity index (χ0v) is 14.5. The van der Waals surface area contributed by atoms with Gasteiger partial charge < -0.3 is 15.4 Å². The minimum absolute atomic E-state index is 0.558. The average molecular weight is 375 g/mol. The molecule has 21 heavy (non-hydrogen) atoms. The lowest BCUT2D eigenvalue weighted by Crippen LogP contribution is -2.39. The molecular formula is C15H21BrClN3O. The molecule has 6 heteroatoms. The fraction of sp³-hybridized carbons (Fsp3) is 0.533. The molecule has 0 saturated carbocycles. The Bertz CT molecular complexity index is 490. The van der Waals surface area contributed by atoms with Crippen molar-refractivity contribution in [3.05, 3.63) is 33.3 Å². The number of nitrogens with zero attached hydrogens (tertiary/aromatic N) is 1. The molecule has 1 aromatic rings. The van der Waals surface area contributed by atoms with Gasteiger partial charge >= 0.3 is 0 Å². The number of nitrogens with one attached hydrogen (secondary N) is 2. The fourth-order valence-electron chi connectivity index (χ4n) is 2.14. The normalized spacial score (nSPS) is 18.8. The maximum atomic E-state index is 6.21. The third kappa shape index (κ3) is 5.49.